The minimum Gasteiger partial charge on any atom is -0.507 e. The first-order valence-corrected chi connectivity index (χ1v) is 9.45. The Bertz CT molecular complexity index is 1250. The van der Waals surface area contributed by atoms with Crippen molar-refractivity contribution in [3.63, 3.8) is 0 Å². The number of benzene rings is 2. The van der Waals surface area contributed by atoms with Gasteiger partial charge in [0, 0.05) is 17.7 Å². The van der Waals surface area contributed by atoms with Crippen molar-refractivity contribution in [3.05, 3.63) is 46.1 Å². The molecule has 1 fully saturated rings. The molecule has 31 heavy (non-hydrogen) atoms. The number of aromatic hydroxyl groups is 3. The highest BCUT2D eigenvalue weighted by Gasteiger charge is 2.52. The second kappa shape index (κ2) is 6.86. The molecule has 10 heteroatoms. The van der Waals surface area contributed by atoms with Crippen LogP contribution in [0.4, 0.5) is 0 Å². The van der Waals surface area contributed by atoms with Crippen LogP contribution in [-0.2, 0) is 4.74 Å². The third kappa shape index (κ3) is 2.84. The van der Waals surface area contributed by atoms with Gasteiger partial charge in [-0.3, -0.25) is 4.79 Å². The Hall–Kier alpha value is -3.31. The standard InChI is InChI=1S/C21H18O10/c22-6-14-17(27)18(28)21-20(31-14)16-13(30-21)5-11(26)15-10(25)4-12(29-19(15)16)7-1-2-8(23)9(24)3-7/h1-5,14,17-18,20-24,26-28H,6H2/t14?,17-,18?,20?,21?/m1/s1. The van der Waals surface area contributed by atoms with E-state index in [1.165, 1.54) is 24.3 Å². The third-order valence-corrected chi connectivity index (χ3v) is 5.66. The maximum Gasteiger partial charge on any atom is 0.197 e. The van der Waals surface area contributed by atoms with E-state index in [-0.39, 0.29) is 39.4 Å². The summed E-state index contributed by atoms with van der Waals surface area (Å²) in [5.74, 6) is -1.03. The van der Waals surface area contributed by atoms with Crippen LogP contribution in [0.2, 0.25) is 0 Å². The normalized spacial score (nSPS) is 27.0. The molecule has 4 unspecified atom stereocenters. The highest BCUT2D eigenvalue weighted by molar-refractivity contribution is 5.90. The molecule has 1 aromatic heterocycles. The van der Waals surface area contributed by atoms with Gasteiger partial charge in [0.05, 0.1) is 12.2 Å². The van der Waals surface area contributed by atoms with E-state index in [1.54, 1.807) is 0 Å². The zero-order valence-corrected chi connectivity index (χ0v) is 15.8. The zero-order valence-electron chi connectivity index (χ0n) is 15.8. The molecule has 162 valence electrons. The molecule has 5 rings (SSSR count). The molecule has 0 aliphatic carbocycles. The summed E-state index contributed by atoms with van der Waals surface area (Å²) in [6.45, 7) is -0.561. The molecule has 0 saturated carbocycles. The van der Waals surface area contributed by atoms with Crippen molar-refractivity contribution >= 4 is 11.0 Å². The number of fused-ring (bicyclic) bond motifs is 5. The Morgan fingerprint density at radius 1 is 0.935 bits per heavy atom. The summed E-state index contributed by atoms with van der Waals surface area (Å²) >= 11 is 0. The van der Waals surface area contributed by atoms with E-state index in [1.807, 2.05) is 0 Å². The Labute approximate surface area is 173 Å². The van der Waals surface area contributed by atoms with Gasteiger partial charge >= 0.3 is 0 Å². The van der Waals surface area contributed by atoms with Crippen LogP contribution in [0.5, 0.6) is 23.0 Å². The lowest BCUT2D eigenvalue weighted by molar-refractivity contribution is -0.215. The molecule has 1 saturated heterocycles. The van der Waals surface area contributed by atoms with Crippen molar-refractivity contribution < 1.29 is 44.5 Å². The predicted octanol–water partition coefficient (Wildman–Crippen LogP) is 0.492. The van der Waals surface area contributed by atoms with Gasteiger partial charge in [0.25, 0.3) is 0 Å². The van der Waals surface area contributed by atoms with E-state index >= 15 is 0 Å². The van der Waals surface area contributed by atoms with Crippen LogP contribution in [0.25, 0.3) is 22.3 Å². The quantitative estimate of drug-likeness (QED) is 0.315. The van der Waals surface area contributed by atoms with Gasteiger partial charge in [-0.15, -0.1) is 0 Å². The van der Waals surface area contributed by atoms with Gasteiger partial charge in [-0.25, -0.2) is 0 Å². The largest absolute Gasteiger partial charge is 0.507 e. The van der Waals surface area contributed by atoms with Crippen LogP contribution >= 0.6 is 0 Å². The van der Waals surface area contributed by atoms with Crippen molar-refractivity contribution in [2.24, 2.45) is 0 Å². The maximum absolute atomic E-state index is 12.8. The molecule has 5 atom stereocenters. The fourth-order valence-corrected chi connectivity index (χ4v) is 4.10. The van der Waals surface area contributed by atoms with Gasteiger partial charge in [0.2, 0.25) is 0 Å². The smallest absolute Gasteiger partial charge is 0.197 e. The van der Waals surface area contributed by atoms with Crippen molar-refractivity contribution in [2.45, 2.75) is 30.5 Å². The Morgan fingerprint density at radius 2 is 1.71 bits per heavy atom. The van der Waals surface area contributed by atoms with Crippen LogP contribution in [-0.4, -0.2) is 61.7 Å². The number of hydrogen-bond acceptors (Lipinski definition) is 10. The van der Waals surface area contributed by atoms with Crippen LogP contribution < -0.4 is 10.2 Å². The SMILES string of the molecule is O=c1cc(-c2ccc(O)c(O)c2)oc2c3c(cc(O)c12)OC1C3OC(CO)[C@@H](O)C1O. The van der Waals surface area contributed by atoms with Gasteiger partial charge < -0.3 is 44.5 Å². The number of hydrogen-bond donors (Lipinski definition) is 6. The van der Waals surface area contributed by atoms with Crippen LogP contribution in [0.1, 0.15) is 11.7 Å². The summed E-state index contributed by atoms with van der Waals surface area (Å²) in [5.41, 5.74) is -0.111. The molecule has 0 amide bonds. The van der Waals surface area contributed by atoms with Crippen LogP contribution in [0.3, 0.4) is 0 Å². The lowest BCUT2D eigenvalue weighted by atomic mass is 9.92. The summed E-state index contributed by atoms with van der Waals surface area (Å²) in [7, 11) is 0. The molecule has 0 spiro atoms. The first-order valence-electron chi connectivity index (χ1n) is 9.45. The average Bonchev–Trinajstić information content (AvgIpc) is 3.10. The summed E-state index contributed by atoms with van der Waals surface area (Å²) in [6, 6.07) is 6.20. The number of ether oxygens (including phenoxy) is 2. The topological polar surface area (TPSA) is 170 Å². The summed E-state index contributed by atoms with van der Waals surface area (Å²) in [4.78, 5) is 12.8. The zero-order chi connectivity index (χ0) is 22.0. The molecule has 0 bridgehead atoms. The molecule has 10 nitrogen and oxygen atoms in total. The van der Waals surface area contributed by atoms with E-state index in [4.69, 9.17) is 13.9 Å². The third-order valence-electron chi connectivity index (χ3n) is 5.66. The molecule has 3 heterocycles. The fourth-order valence-electron chi connectivity index (χ4n) is 4.10. The lowest BCUT2D eigenvalue weighted by Gasteiger charge is -2.38. The average molecular weight is 430 g/mol. The molecular weight excluding hydrogens is 412 g/mol. The van der Waals surface area contributed by atoms with Gasteiger partial charge in [-0.2, -0.15) is 0 Å². The van der Waals surface area contributed by atoms with E-state index in [0.717, 1.165) is 6.07 Å². The van der Waals surface area contributed by atoms with Crippen LogP contribution in [0.15, 0.2) is 39.5 Å². The first kappa shape index (κ1) is 19.6. The number of phenols is 3. The highest BCUT2D eigenvalue weighted by atomic mass is 16.6. The summed E-state index contributed by atoms with van der Waals surface area (Å²) in [6.07, 6.45) is -5.93. The minimum absolute atomic E-state index is 0.0409. The highest BCUT2D eigenvalue weighted by Crippen LogP contribution is 2.50. The fraction of sp³-hybridized carbons (Fsp3) is 0.286. The van der Waals surface area contributed by atoms with E-state index in [9.17, 15) is 35.4 Å². The van der Waals surface area contributed by atoms with E-state index in [2.05, 4.69) is 0 Å². The molecule has 6 N–H and O–H groups in total. The molecular formula is C21H18O10. The Balaban J connectivity index is 1.73. The number of aliphatic hydroxyl groups is 3. The summed E-state index contributed by atoms with van der Waals surface area (Å²) < 4.78 is 17.3. The molecule has 2 aliphatic heterocycles. The Morgan fingerprint density at radius 3 is 2.42 bits per heavy atom. The second-order valence-electron chi connectivity index (χ2n) is 7.53. The van der Waals surface area contributed by atoms with Crippen molar-refractivity contribution in [2.75, 3.05) is 6.61 Å². The minimum atomic E-state index is -1.40. The molecule has 0 radical (unpaired) electrons. The molecule has 2 aliphatic rings. The van der Waals surface area contributed by atoms with Crippen LogP contribution in [0, 0.1) is 0 Å². The molecule has 3 aromatic rings. The number of rotatable bonds is 2. The van der Waals surface area contributed by atoms with Crippen molar-refractivity contribution in [3.8, 4) is 34.3 Å². The second-order valence-corrected chi connectivity index (χ2v) is 7.53. The van der Waals surface area contributed by atoms with Gasteiger partial charge in [0.1, 0.15) is 47.1 Å². The van der Waals surface area contributed by atoms with Gasteiger partial charge in [0.15, 0.2) is 28.6 Å². The monoisotopic (exact) mass is 430 g/mol. The lowest BCUT2D eigenvalue weighted by Crippen LogP contribution is -2.55. The predicted molar refractivity (Wildman–Crippen MR) is 104 cm³/mol. The molecule has 2 aromatic carbocycles. The van der Waals surface area contributed by atoms with Gasteiger partial charge in [-0.05, 0) is 18.2 Å². The van der Waals surface area contributed by atoms with Crippen molar-refractivity contribution in [1.82, 2.24) is 0 Å². The summed E-state index contributed by atoms with van der Waals surface area (Å²) in [5, 5.41) is 59.6. The number of aliphatic hydroxyl groups excluding tert-OH is 3. The first-order chi connectivity index (χ1) is 14.8. The number of phenolic OH excluding ortho intramolecular Hbond substituents is 3. The Kier molecular flexibility index (Phi) is 4.34. The van der Waals surface area contributed by atoms with E-state index in [0.29, 0.717) is 0 Å². The van der Waals surface area contributed by atoms with Gasteiger partial charge in [-0.1, -0.05) is 0 Å². The van der Waals surface area contributed by atoms with E-state index < -0.39 is 54.1 Å². The maximum atomic E-state index is 12.8. The van der Waals surface area contributed by atoms with Crippen molar-refractivity contribution in [1.29, 1.82) is 0 Å².